The lowest BCUT2D eigenvalue weighted by molar-refractivity contribution is -0.129. The van der Waals surface area contributed by atoms with Crippen molar-refractivity contribution in [3.63, 3.8) is 0 Å². The van der Waals surface area contributed by atoms with Crippen LogP contribution in [0.2, 0.25) is 0 Å². The summed E-state index contributed by atoms with van der Waals surface area (Å²) in [6, 6.07) is 0. The van der Waals surface area contributed by atoms with Crippen molar-refractivity contribution in [3.8, 4) is 0 Å². The molecule has 2 rings (SSSR count). The molecule has 2 nitrogen and oxygen atoms in total. The second-order valence-electron chi connectivity index (χ2n) is 4.39. The van der Waals surface area contributed by atoms with Gasteiger partial charge in [0.2, 0.25) is 5.91 Å². The molecule has 0 saturated heterocycles. The SMILES string of the molecule is CCc1c(CCCl)sc2c1CCN(C(C)=O)C2. The minimum Gasteiger partial charge on any atom is -0.337 e. The lowest BCUT2D eigenvalue weighted by atomic mass is 9.99. The molecule has 94 valence electrons. The van der Waals surface area contributed by atoms with Crippen molar-refractivity contribution in [2.24, 2.45) is 0 Å². The Morgan fingerprint density at radius 3 is 2.88 bits per heavy atom. The standard InChI is InChI=1S/C13H18ClNOS/c1-3-10-11-5-7-15(9(2)16)8-13(11)17-12(10)4-6-14/h3-8H2,1-2H3. The molecular weight excluding hydrogens is 254 g/mol. The average Bonchev–Trinajstić information content (AvgIpc) is 2.65. The highest BCUT2D eigenvalue weighted by Gasteiger charge is 2.24. The molecule has 1 aromatic rings. The number of amides is 1. The van der Waals surface area contributed by atoms with Gasteiger partial charge in [0.15, 0.2) is 0 Å². The van der Waals surface area contributed by atoms with E-state index in [-0.39, 0.29) is 5.91 Å². The monoisotopic (exact) mass is 271 g/mol. The van der Waals surface area contributed by atoms with Gasteiger partial charge in [-0.15, -0.1) is 22.9 Å². The summed E-state index contributed by atoms with van der Waals surface area (Å²) in [6.07, 6.45) is 3.05. The molecule has 17 heavy (non-hydrogen) atoms. The summed E-state index contributed by atoms with van der Waals surface area (Å²) < 4.78 is 0. The first-order valence-corrected chi connectivity index (χ1v) is 7.46. The largest absolute Gasteiger partial charge is 0.337 e. The number of hydrogen-bond donors (Lipinski definition) is 0. The average molecular weight is 272 g/mol. The zero-order chi connectivity index (χ0) is 12.4. The zero-order valence-electron chi connectivity index (χ0n) is 10.4. The maximum Gasteiger partial charge on any atom is 0.219 e. The van der Waals surface area contributed by atoms with Crippen molar-refractivity contribution in [2.75, 3.05) is 12.4 Å². The molecule has 0 unspecified atom stereocenters. The van der Waals surface area contributed by atoms with Crippen LogP contribution in [0.1, 0.15) is 34.7 Å². The number of thiophene rings is 1. The van der Waals surface area contributed by atoms with E-state index in [0.717, 1.165) is 32.4 Å². The number of nitrogens with zero attached hydrogens (tertiary/aromatic N) is 1. The van der Waals surface area contributed by atoms with Crippen molar-refractivity contribution in [1.29, 1.82) is 0 Å². The van der Waals surface area contributed by atoms with Gasteiger partial charge in [0.25, 0.3) is 0 Å². The maximum absolute atomic E-state index is 11.4. The number of aryl methyl sites for hydroxylation is 1. The predicted octanol–water partition coefficient (Wildman–Crippen LogP) is 3.00. The molecule has 1 aliphatic heterocycles. The summed E-state index contributed by atoms with van der Waals surface area (Å²) in [5.74, 6) is 0.865. The molecule has 1 aliphatic rings. The van der Waals surface area contributed by atoms with Crippen molar-refractivity contribution < 1.29 is 4.79 Å². The third kappa shape index (κ3) is 2.50. The van der Waals surface area contributed by atoms with Crippen molar-refractivity contribution in [1.82, 2.24) is 4.90 Å². The zero-order valence-corrected chi connectivity index (χ0v) is 12.0. The van der Waals surface area contributed by atoms with E-state index in [9.17, 15) is 4.79 Å². The Kier molecular flexibility index (Phi) is 4.10. The first kappa shape index (κ1) is 12.9. The summed E-state index contributed by atoms with van der Waals surface area (Å²) in [7, 11) is 0. The van der Waals surface area contributed by atoms with Gasteiger partial charge in [-0.1, -0.05) is 6.92 Å². The van der Waals surface area contributed by atoms with Crippen LogP contribution in [0.25, 0.3) is 0 Å². The van der Waals surface area contributed by atoms with Gasteiger partial charge in [-0.05, 0) is 30.4 Å². The lowest BCUT2D eigenvalue weighted by Gasteiger charge is -2.26. The lowest BCUT2D eigenvalue weighted by Crippen LogP contribution is -2.33. The molecular formula is C13H18ClNOS. The topological polar surface area (TPSA) is 20.3 Å². The number of rotatable bonds is 3. The minimum atomic E-state index is 0.181. The van der Waals surface area contributed by atoms with Crippen LogP contribution in [0.3, 0.4) is 0 Å². The fraction of sp³-hybridized carbons (Fsp3) is 0.615. The molecule has 0 atom stereocenters. The van der Waals surface area contributed by atoms with Crippen LogP contribution < -0.4 is 0 Å². The van der Waals surface area contributed by atoms with Crippen LogP contribution in [-0.4, -0.2) is 23.2 Å². The van der Waals surface area contributed by atoms with Crippen LogP contribution in [0.15, 0.2) is 0 Å². The molecule has 0 bridgehead atoms. The van der Waals surface area contributed by atoms with Crippen LogP contribution >= 0.6 is 22.9 Å². The van der Waals surface area contributed by atoms with Gasteiger partial charge >= 0.3 is 0 Å². The Balaban J connectivity index is 2.30. The van der Waals surface area contributed by atoms with Crippen molar-refractivity contribution >= 4 is 28.8 Å². The molecule has 0 N–H and O–H groups in total. The van der Waals surface area contributed by atoms with Gasteiger partial charge in [-0.25, -0.2) is 0 Å². The third-order valence-corrected chi connectivity index (χ3v) is 4.88. The predicted molar refractivity (Wildman–Crippen MR) is 72.9 cm³/mol. The Morgan fingerprint density at radius 2 is 2.29 bits per heavy atom. The number of carbonyl (C=O) groups is 1. The van der Waals surface area contributed by atoms with E-state index in [4.69, 9.17) is 11.6 Å². The normalized spacial score (nSPS) is 14.9. The van der Waals surface area contributed by atoms with Gasteiger partial charge in [-0.2, -0.15) is 0 Å². The highest BCUT2D eigenvalue weighted by Crippen LogP contribution is 2.34. The summed E-state index contributed by atoms with van der Waals surface area (Å²) in [5.41, 5.74) is 2.99. The van der Waals surface area contributed by atoms with Crippen LogP contribution in [-0.2, 0) is 30.6 Å². The Hall–Kier alpha value is -0.540. The highest BCUT2D eigenvalue weighted by molar-refractivity contribution is 7.12. The Bertz CT molecular complexity index is 427. The molecule has 0 radical (unpaired) electrons. The van der Waals surface area contributed by atoms with Crippen LogP contribution in [0.5, 0.6) is 0 Å². The number of fused-ring (bicyclic) bond motifs is 1. The molecule has 1 aromatic heterocycles. The first-order chi connectivity index (χ1) is 8.17. The summed E-state index contributed by atoms with van der Waals surface area (Å²) in [4.78, 5) is 16.1. The van der Waals surface area contributed by atoms with E-state index in [1.54, 1.807) is 6.92 Å². The second kappa shape index (κ2) is 5.40. The number of halogens is 1. The Labute approximate surface area is 112 Å². The molecule has 0 saturated carbocycles. The highest BCUT2D eigenvalue weighted by atomic mass is 35.5. The minimum absolute atomic E-state index is 0.181. The molecule has 0 aromatic carbocycles. The van der Waals surface area contributed by atoms with Gasteiger partial charge < -0.3 is 4.90 Å². The van der Waals surface area contributed by atoms with E-state index in [1.807, 2.05) is 16.2 Å². The van der Waals surface area contributed by atoms with Crippen LogP contribution in [0.4, 0.5) is 0 Å². The van der Waals surface area contributed by atoms with Crippen molar-refractivity contribution in [3.05, 3.63) is 20.9 Å². The van der Waals surface area contributed by atoms with Gasteiger partial charge in [0.05, 0.1) is 6.54 Å². The summed E-state index contributed by atoms with van der Waals surface area (Å²) >= 11 is 7.70. The first-order valence-electron chi connectivity index (χ1n) is 6.11. The van der Waals surface area contributed by atoms with E-state index >= 15 is 0 Å². The van der Waals surface area contributed by atoms with E-state index < -0.39 is 0 Å². The molecule has 2 heterocycles. The fourth-order valence-corrected chi connectivity index (χ4v) is 4.25. The second-order valence-corrected chi connectivity index (χ2v) is 5.96. The molecule has 1 amide bonds. The molecule has 4 heteroatoms. The number of hydrogen-bond acceptors (Lipinski definition) is 2. The molecule has 0 aliphatic carbocycles. The van der Waals surface area contributed by atoms with Gasteiger partial charge in [-0.3, -0.25) is 4.79 Å². The van der Waals surface area contributed by atoms with Gasteiger partial charge in [0.1, 0.15) is 0 Å². The maximum atomic E-state index is 11.4. The van der Waals surface area contributed by atoms with Crippen LogP contribution in [0, 0.1) is 0 Å². The van der Waals surface area contributed by atoms with E-state index in [2.05, 4.69) is 6.92 Å². The summed E-state index contributed by atoms with van der Waals surface area (Å²) in [5, 5.41) is 0. The fourth-order valence-electron chi connectivity index (χ4n) is 2.49. The van der Waals surface area contributed by atoms with Crippen molar-refractivity contribution in [2.45, 2.75) is 39.7 Å². The molecule has 0 spiro atoms. The quantitative estimate of drug-likeness (QED) is 0.774. The van der Waals surface area contributed by atoms with E-state index in [0.29, 0.717) is 5.88 Å². The third-order valence-electron chi connectivity index (χ3n) is 3.37. The Morgan fingerprint density at radius 1 is 1.53 bits per heavy atom. The summed E-state index contributed by atoms with van der Waals surface area (Å²) in [6.45, 7) is 5.52. The smallest absolute Gasteiger partial charge is 0.219 e. The molecule has 0 fully saturated rings. The number of alkyl halides is 1. The van der Waals surface area contributed by atoms with Gasteiger partial charge in [0, 0.05) is 29.1 Å². The van der Waals surface area contributed by atoms with E-state index in [1.165, 1.54) is 20.9 Å². The number of carbonyl (C=O) groups excluding carboxylic acids is 1.